The number of carbonyl (C=O) groups excluding carboxylic acids is 1. The Hall–Kier alpha value is -2.56. The van der Waals surface area contributed by atoms with Gasteiger partial charge in [0, 0.05) is 17.7 Å². The molecule has 0 aliphatic heterocycles. The third-order valence-electron chi connectivity index (χ3n) is 2.75. The van der Waals surface area contributed by atoms with Crippen molar-refractivity contribution in [3.63, 3.8) is 0 Å². The number of aliphatic carboxylic acids is 1. The molecule has 5 nitrogen and oxygen atoms in total. The molecular formula is C15H14O5. The highest BCUT2D eigenvalue weighted by Crippen LogP contribution is 2.33. The van der Waals surface area contributed by atoms with Crippen LogP contribution < -0.4 is 9.47 Å². The van der Waals surface area contributed by atoms with Crippen LogP contribution in [0.2, 0.25) is 0 Å². The number of ether oxygens (including phenoxy) is 2. The highest BCUT2D eigenvalue weighted by atomic mass is 16.5. The largest absolute Gasteiger partial charge is 0.479 e. The maximum absolute atomic E-state index is 11.1. The molecule has 104 valence electrons. The van der Waals surface area contributed by atoms with Gasteiger partial charge in [-0.2, -0.15) is 0 Å². The Balaban J connectivity index is 2.48. The summed E-state index contributed by atoms with van der Waals surface area (Å²) >= 11 is 0. The standard InChI is InChI=1S/C15H14O5/c1-9(15(17)18)19-13-7-8-14(20-10(2)16)12-6-4-3-5-11(12)13/h3-9H,1-2H3,(H,17,18). The maximum atomic E-state index is 11.1. The van der Waals surface area contributed by atoms with Crippen molar-refractivity contribution in [1.29, 1.82) is 0 Å². The zero-order valence-corrected chi connectivity index (χ0v) is 11.1. The van der Waals surface area contributed by atoms with Crippen molar-refractivity contribution < 1.29 is 24.2 Å². The highest BCUT2D eigenvalue weighted by Gasteiger charge is 2.15. The van der Waals surface area contributed by atoms with Gasteiger partial charge < -0.3 is 14.6 Å². The molecule has 0 fully saturated rings. The summed E-state index contributed by atoms with van der Waals surface area (Å²) < 4.78 is 10.5. The Morgan fingerprint density at radius 2 is 1.60 bits per heavy atom. The van der Waals surface area contributed by atoms with Gasteiger partial charge in [-0.3, -0.25) is 4.79 Å². The quantitative estimate of drug-likeness (QED) is 0.685. The van der Waals surface area contributed by atoms with E-state index < -0.39 is 18.0 Å². The van der Waals surface area contributed by atoms with Gasteiger partial charge in [0.15, 0.2) is 6.10 Å². The second-order valence-electron chi connectivity index (χ2n) is 4.30. The summed E-state index contributed by atoms with van der Waals surface area (Å²) in [5.74, 6) is -0.601. The minimum absolute atomic E-state index is 0.414. The van der Waals surface area contributed by atoms with E-state index in [-0.39, 0.29) is 0 Å². The zero-order valence-electron chi connectivity index (χ0n) is 11.1. The van der Waals surface area contributed by atoms with E-state index in [2.05, 4.69) is 0 Å². The number of benzene rings is 2. The van der Waals surface area contributed by atoms with Crippen LogP contribution in [0.5, 0.6) is 11.5 Å². The van der Waals surface area contributed by atoms with Gasteiger partial charge in [0.1, 0.15) is 11.5 Å². The molecule has 0 spiro atoms. The molecule has 2 rings (SSSR count). The first-order valence-corrected chi connectivity index (χ1v) is 6.08. The minimum atomic E-state index is -1.04. The lowest BCUT2D eigenvalue weighted by molar-refractivity contribution is -0.144. The summed E-state index contributed by atoms with van der Waals surface area (Å²) in [6, 6.07) is 10.4. The number of hydrogen-bond acceptors (Lipinski definition) is 4. The second-order valence-corrected chi connectivity index (χ2v) is 4.30. The van der Waals surface area contributed by atoms with Gasteiger partial charge in [-0.05, 0) is 19.1 Å². The highest BCUT2D eigenvalue weighted by molar-refractivity contribution is 5.94. The molecule has 20 heavy (non-hydrogen) atoms. The van der Waals surface area contributed by atoms with Gasteiger partial charge in [-0.25, -0.2) is 4.79 Å². The molecule has 0 bridgehead atoms. The van der Waals surface area contributed by atoms with Crippen LogP contribution in [0.15, 0.2) is 36.4 Å². The summed E-state index contributed by atoms with van der Waals surface area (Å²) in [6.07, 6.45) is -0.960. The van der Waals surface area contributed by atoms with Crippen LogP contribution in [0.3, 0.4) is 0 Å². The normalized spacial score (nSPS) is 11.9. The second kappa shape index (κ2) is 5.61. The molecule has 1 unspecified atom stereocenters. The Morgan fingerprint density at radius 1 is 1.05 bits per heavy atom. The number of fused-ring (bicyclic) bond motifs is 1. The predicted molar refractivity (Wildman–Crippen MR) is 73.0 cm³/mol. The number of carboxylic acid groups (broad SMARTS) is 1. The number of esters is 1. The van der Waals surface area contributed by atoms with Crippen molar-refractivity contribution in [1.82, 2.24) is 0 Å². The summed E-state index contributed by atoms with van der Waals surface area (Å²) in [4.78, 5) is 21.9. The molecule has 0 aliphatic carbocycles. The van der Waals surface area contributed by atoms with Crippen LogP contribution in [0.4, 0.5) is 0 Å². The van der Waals surface area contributed by atoms with Crippen LogP contribution in [-0.4, -0.2) is 23.1 Å². The van der Waals surface area contributed by atoms with Crippen molar-refractivity contribution in [2.75, 3.05) is 0 Å². The van der Waals surface area contributed by atoms with E-state index in [1.165, 1.54) is 13.8 Å². The van der Waals surface area contributed by atoms with E-state index in [4.69, 9.17) is 14.6 Å². The number of rotatable bonds is 4. The van der Waals surface area contributed by atoms with Crippen molar-refractivity contribution >= 4 is 22.7 Å². The SMILES string of the molecule is CC(=O)Oc1ccc(OC(C)C(=O)O)c2ccccc12. The van der Waals surface area contributed by atoms with Crippen molar-refractivity contribution in [2.45, 2.75) is 20.0 Å². The van der Waals surface area contributed by atoms with Crippen LogP contribution in [0.1, 0.15) is 13.8 Å². The Kier molecular flexibility index (Phi) is 3.89. The average molecular weight is 274 g/mol. The predicted octanol–water partition coefficient (Wildman–Crippen LogP) is 2.62. The van der Waals surface area contributed by atoms with Gasteiger partial charge in [-0.1, -0.05) is 24.3 Å². The van der Waals surface area contributed by atoms with E-state index in [0.29, 0.717) is 22.3 Å². The first-order chi connectivity index (χ1) is 9.49. The molecule has 1 atom stereocenters. The minimum Gasteiger partial charge on any atom is -0.479 e. The molecule has 0 saturated carbocycles. The third-order valence-corrected chi connectivity index (χ3v) is 2.75. The lowest BCUT2D eigenvalue weighted by Gasteiger charge is -2.14. The van der Waals surface area contributed by atoms with Crippen LogP contribution in [0, 0.1) is 0 Å². The zero-order chi connectivity index (χ0) is 14.7. The molecule has 1 N–H and O–H groups in total. The molecule has 0 saturated heterocycles. The van der Waals surface area contributed by atoms with Gasteiger partial charge in [0.25, 0.3) is 0 Å². The molecule has 2 aromatic carbocycles. The fourth-order valence-corrected chi connectivity index (χ4v) is 1.83. The van der Waals surface area contributed by atoms with Crippen molar-refractivity contribution in [2.24, 2.45) is 0 Å². The Morgan fingerprint density at radius 3 is 2.15 bits per heavy atom. The maximum Gasteiger partial charge on any atom is 0.344 e. The fourth-order valence-electron chi connectivity index (χ4n) is 1.83. The van der Waals surface area contributed by atoms with E-state index in [0.717, 1.165) is 0 Å². The van der Waals surface area contributed by atoms with Crippen molar-refractivity contribution in [3.8, 4) is 11.5 Å². The van der Waals surface area contributed by atoms with Gasteiger partial charge in [0.05, 0.1) is 0 Å². The molecule has 0 radical (unpaired) electrons. The van der Waals surface area contributed by atoms with E-state index in [1.807, 2.05) is 0 Å². The molecule has 0 heterocycles. The number of carboxylic acids is 1. The summed E-state index contributed by atoms with van der Waals surface area (Å²) in [6.45, 7) is 2.78. The first-order valence-electron chi connectivity index (χ1n) is 6.08. The summed E-state index contributed by atoms with van der Waals surface area (Å²) in [5.41, 5.74) is 0. The number of hydrogen-bond donors (Lipinski definition) is 1. The monoisotopic (exact) mass is 274 g/mol. The molecule has 2 aromatic rings. The molecule has 0 aliphatic rings. The van der Waals surface area contributed by atoms with Gasteiger partial charge in [0.2, 0.25) is 0 Å². The molecule has 5 heteroatoms. The number of carbonyl (C=O) groups is 2. The summed E-state index contributed by atoms with van der Waals surface area (Å²) in [5, 5.41) is 10.3. The lowest BCUT2D eigenvalue weighted by Crippen LogP contribution is -2.22. The Labute approximate surface area is 115 Å². The van der Waals surface area contributed by atoms with Gasteiger partial charge >= 0.3 is 11.9 Å². The average Bonchev–Trinajstić information content (AvgIpc) is 2.41. The summed E-state index contributed by atoms with van der Waals surface area (Å²) in [7, 11) is 0. The van der Waals surface area contributed by atoms with Crippen LogP contribution >= 0.6 is 0 Å². The fraction of sp³-hybridized carbons (Fsp3) is 0.200. The van der Waals surface area contributed by atoms with E-state index in [1.54, 1.807) is 36.4 Å². The third kappa shape index (κ3) is 2.88. The van der Waals surface area contributed by atoms with E-state index in [9.17, 15) is 9.59 Å². The first kappa shape index (κ1) is 13.9. The molecule has 0 amide bonds. The van der Waals surface area contributed by atoms with E-state index >= 15 is 0 Å². The Bertz CT molecular complexity index is 662. The molecular weight excluding hydrogens is 260 g/mol. The topological polar surface area (TPSA) is 72.8 Å². The molecule has 0 aromatic heterocycles. The lowest BCUT2D eigenvalue weighted by atomic mass is 10.1. The van der Waals surface area contributed by atoms with Crippen molar-refractivity contribution in [3.05, 3.63) is 36.4 Å². The van der Waals surface area contributed by atoms with Gasteiger partial charge in [-0.15, -0.1) is 0 Å². The van der Waals surface area contributed by atoms with Crippen LogP contribution in [-0.2, 0) is 9.59 Å². The van der Waals surface area contributed by atoms with Crippen LogP contribution in [0.25, 0.3) is 10.8 Å². The smallest absolute Gasteiger partial charge is 0.344 e.